The third-order valence-corrected chi connectivity index (χ3v) is 9.04. The highest BCUT2D eigenvalue weighted by Crippen LogP contribution is 2.40. The Balaban J connectivity index is 1.15. The molecule has 43 heavy (non-hydrogen) atoms. The van der Waals surface area contributed by atoms with Crippen molar-refractivity contribution in [2.45, 2.75) is 19.8 Å². The molecule has 7 aromatic carbocycles. The van der Waals surface area contributed by atoms with Crippen molar-refractivity contribution in [3.05, 3.63) is 156 Å². The molecule has 1 aliphatic rings. The fourth-order valence-corrected chi connectivity index (χ4v) is 6.73. The number of benzene rings is 7. The number of hydrogen-bond donors (Lipinski definition) is 0. The molecule has 0 radical (unpaired) electrons. The Morgan fingerprint density at radius 1 is 0.488 bits per heavy atom. The lowest BCUT2D eigenvalue weighted by Crippen LogP contribution is -2.12. The molecule has 0 fully saturated rings. The van der Waals surface area contributed by atoms with Crippen molar-refractivity contribution < 1.29 is 4.79 Å². The molecule has 8 rings (SSSR count). The van der Waals surface area contributed by atoms with E-state index >= 15 is 0 Å². The topological polar surface area (TPSA) is 17.1 Å². The van der Waals surface area contributed by atoms with Gasteiger partial charge in [-0.1, -0.05) is 134 Å². The van der Waals surface area contributed by atoms with E-state index in [4.69, 9.17) is 0 Å². The number of carbonyl (C=O) groups is 1. The number of aryl methyl sites for hydroxylation is 1. The number of Topliss-reactive ketones (excluding diaryl/α,β-unsaturated/α-hetero) is 1. The molecule has 204 valence electrons. The summed E-state index contributed by atoms with van der Waals surface area (Å²) in [6, 6.07) is 50.0. The van der Waals surface area contributed by atoms with Crippen LogP contribution in [0.4, 0.5) is 0 Å². The van der Waals surface area contributed by atoms with Crippen LogP contribution in [0.1, 0.15) is 28.4 Å². The SMILES string of the molecule is CCc1ccc(-c2ccc3c(c2)C(=O)Cc2cc(-c4ccc(-c5c6ccccc6cc6ccccc56)cc4)ccc2-3)cc1. The summed E-state index contributed by atoms with van der Waals surface area (Å²) >= 11 is 0. The standard InChI is InChI=1S/C42H30O/c1-2-27-11-13-28(14-12-27)32-20-22-39-36-21-19-31(23-35(36)26-41(43)40(39)25-32)29-15-17-30(18-16-29)42-37-9-5-3-7-33(37)24-34-8-4-6-10-38(34)42/h3-25H,2,26H2,1H3. The van der Waals surface area contributed by atoms with Gasteiger partial charge in [0.25, 0.3) is 0 Å². The fourth-order valence-electron chi connectivity index (χ4n) is 6.73. The number of ketones is 1. The molecule has 1 aliphatic carbocycles. The first-order valence-corrected chi connectivity index (χ1v) is 15.1. The predicted octanol–water partition coefficient (Wildman–Crippen LogP) is 11.0. The molecule has 7 aromatic rings. The highest BCUT2D eigenvalue weighted by molar-refractivity contribution is 6.13. The van der Waals surface area contributed by atoms with Crippen LogP contribution in [0.25, 0.3) is 66.1 Å². The molecule has 0 spiro atoms. The van der Waals surface area contributed by atoms with Gasteiger partial charge in [-0.3, -0.25) is 4.79 Å². The third-order valence-electron chi connectivity index (χ3n) is 9.04. The Morgan fingerprint density at radius 2 is 1.02 bits per heavy atom. The average molecular weight is 551 g/mol. The number of carbonyl (C=O) groups excluding carboxylic acids is 1. The summed E-state index contributed by atoms with van der Waals surface area (Å²) in [4.78, 5) is 13.4. The second-order valence-corrected chi connectivity index (χ2v) is 11.6. The summed E-state index contributed by atoms with van der Waals surface area (Å²) in [5, 5.41) is 5.03. The van der Waals surface area contributed by atoms with Crippen LogP contribution in [0.2, 0.25) is 0 Å². The van der Waals surface area contributed by atoms with Crippen molar-refractivity contribution in [2.75, 3.05) is 0 Å². The van der Waals surface area contributed by atoms with E-state index < -0.39 is 0 Å². The summed E-state index contributed by atoms with van der Waals surface area (Å²) in [7, 11) is 0. The molecule has 0 heterocycles. The Morgan fingerprint density at radius 3 is 1.67 bits per heavy atom. The maximum absolute atomic E-state index is 13.4. The second-order valence-electron chi connectivity index (χ2n) is 11.6. The van der Waals surface area contributed by atoms with Crippen molar-refractivity contribution >= 4 is 27.3 Å². The Bertz CT molecular complexity index is 2130. The van der Waals surface area contributed by atoms with Gasteiger partial charge in [0.2, 0.25) is 0 Å². The second kappa shape index (κ2) is 10.2. The number of fused-ring (bicyclic) bond motifs is 5. The zero-order chi connectivity index (χ0) is 28.9. The molecule has 0 atom stereocenters. The molecule has 0 saturated carbocycles. The summed E-state index contributed by atoms with van der Waals surface area (Å²) < 4.78 is 0. The minimum absolute atomic E-state index is 0.185. The van der Waals surface area contributed by atoms with E-state index in [2.05, 4.69) is 146 Å². The largest absolute Gasteiger partial charge is 0.294 e. The summed E-state index contributed by atoms with van der Waals surface area (Å²) in [6.45, 7) is 2.17. The van der Waals surface area contributed by atoms with Crippen molar-refractivity contribution in [1.82, 2.24) is 0 Å². The van der Waals surface area contributed by atoms with Gasteiger partial charge in [-0.25, -0.2) is 0 Å². The van der Waals surface area contributed by atoms with E-state index in [0.717, 1.165) is 50.9 Å². The van der Waals surface area contributed by atoms with Crippen molar-refractivity contribution in [1.29, 1.82) is 0 Å². The number of hydrogen-bond acceptors (Lipinski definition) is 1. The quantitative estimate of drug-likeness (QED) is 0.199. The lowest BCUT2D eigenvalue weighted by atomic mass is 9.82. The van der Waals surface area contributed by atoms with E-state index in [-0.39, 0.29) is 5.78 Å². The molecule has 0 aromatic heterocycles. The molecule has 0 saturated heterocycles. The highest BCUT2D eigenvalue weighted by Gasteiger charge is 2.23. The lowest BCUT2D eigenvalue weighted by Gasteiger charge is -2.21. The van der Waals surface area contributed by atoms with E-state index in [1.54, 1.807) is 0 Å². The van der Waals surface area contributed by atoms with E-state index in [1.807, 2.05) is 0 Å². The van der Waals surface area contributed by atoms with Crippen LogP contribution >= 0.6 is 0 Å². The van der Waals surface area contributed by atoms with Gasteiger partial charge in [0.05, 0.1) is 0 Å². The van der Waals surface area contributed by atoms with Crippen LogP contribution in [-0.2, 0) is 12.8 Å². The third kappa shape index (κ3) is 4.37. The van der Waals surface area contributed by atoms with Gasteiger partial charge in [-0.05, 0) is 95.7 Å². The minimum Gasteiger partial charge on any atom is -0.294 e. The minimum atomic E-state index is 0.185. The Labute approximate surface area is 252 Å². The normalized spacial score (nSPS) is 12.3. The summed E-state index contributed by atoms with van der Waals surface area (Å²) in [5.41, 5.74) is 12.4. The highest BCUT2D eigenvalue weighted by atomic mass is 16.1. The first-order valence-electron chi connectivity index (χ1n) is 15.1. The number of rotatable bonds is 4. The molecule has 0 bridgehead atoms. The first-order chi connectivity index (χ1) is 21.2. The average Bonchev–Trinajstić information content (AvgIpc) is 3.07. The summed E-state index contributed by atoms with van der Waals surface area (Å²) in [6.07, 6.45) is 1.45. The Hall–Kier alpha value is -5.27. The first kappa shape index (κ1) is 25.4. The lowest BCUT2D eigenvalue weighted by molar-refractivity contribution is 0.0992. The van der Waals surface area contributed by atoms with Gasteiger partial charge in [0.1, 0.15) is 0 Å². The zero-order valence-electron chi connectivity index (χ0n) is 24.1. The van der Waals surface area contributed by atoms with Crippen LogP contribution < -0.4 is 0 Å². The molecule has 0 amide bonds. The molecule has 0 unspecified atom stereocenters. The van der Waals surface area contributed by atoms with Crippen molar-refractivity contribution in [3.8, 4) is 44.5 Å². The Kier molecular flexibility index (Phi) is 6.05. The van der Waals surface area contributed by atoms with Gasteiger partial charge >= 0.3 is 0 Å². The molecular weight excluding hydrogens is 520 g/mol. The fraction of sp³-hybridized carbons (Fsp3) is 0.0714. The summed E-state index contributed by atoms with van der Waals surface area (Å²) in [5.74, 6) is 0.185. The molecule has 0 aliphatic heterocycles. The maximum Gasteiger partial charge on any atom is 0.167 e. The van der Waals surface area contributed by atoms with Gasteiger partial charge in [0.15, 0.2) is 5.78 Å². The smallest absolute Gasteiger partial charge is 0.167 e. The van der Waals surface area contributed by atoms with Crippen LogP contribution in [0.15, 0.2) is 140 Å². The molecule has 1 heteroatoms. The van der Waals surface area contributed by atoms with Crippen molar-refractivity contribution in [3.63, 3.8) is 0 Å². The van der Waals surface area contributed by atoms with Gasteiger partial charge in [-0.15, -0.1) is 0 Å². The van der Waals surface area contributed by atoms with Gasteiger partial charge in [-0.2, -0.15) is 0 Å². The van der Waals surface area contributed by atoms with Gasteiger partial charge < -0.3 is 0 Å². The van der Waals surface area contributed by atoms with E-state index in [1.165, 1.54) is 38.2 Å². The van der Waals surface area contributed by atoms with Gasteiger partial charge in [0, 0.05) is 12.0 Å². The zero-order valence-corrected chi connectivity index (χ0v) is 24.1. The van der Waals surface area contributed by atoms with E-state index in [9.17, 15) is 4.79 Å². The van der Waals surface area contributed by atoms with Crippen LogP contribution in [-0.4, -0.2) is 5.78 Å². The molecule has 1 nitrogen and oxygen atoms in total. The van der Waals surface area contributed by atoms with Crippen LogP contribution in [0, 0.1) is 0 Å². The van der Waals surface area contributed by atoms with Crippen molar-refractivity contribution in [2.24, 2.45) is 0 Å². The van der Waals surface area contributed by atoms with Crippen LogP contribution in [0.3, 0.4) is 0 Å². The monoisotopic (exact) mass is 550 g/mol. The molecular formula is C42H30O. The predicted molar refractivity (Wildman–Crippen MR) is 181 cm³/mol. The van der Waals surface area contributed by atoms with E-state index in [0.29, 0.717) is 6.42 Å². The van der Waals surface area contributed by atoms with Crippen LogP contribution in [0.5, 0.6) is 0 Å². The maximum atomic E-state index is 13.4. The molecule has 0 N–H and O–H groups in total.